The van der Waals surface area contributed by atoms with E-state index in [2.05, 4.69) is 15.6 Å². The number of aliphatic carboxylic acids is 1. The SMILES string of the molecule is C[C@@]1(C(=O)N[C@@H](Cc2ccc(NC(=O)c3c(Cl)cc(=O)[nH]c3Cl)cc2)C(=O)O)CCCN1S(=O)(=O)c1cc(Cl)cc(Cl)c1. The number of amides is 2. The first-order valence-electron chi connectivity index (χ1n) is 12.6. The van der Waals surface area contributed by atoms with Crippen molar-refractivity contribution in [1.82, 2.24) is 14.6 Å². The number of H-pyrrole nitrogens is 1. The van der Waals surface area contributed by atoms with E-state index in [0.29, 0.717) is 17.7 Å². The van der Waals surface area contributed by atoms with E-state index in [1.54, 1.807) is 12.1 Å². The van der Waals surface area contributed by atoms with Gasteiger partial charge in [0.1, 0.15) is 16.7 Å². The standard InChI is InChI=1S/C27H24Cl4N4O7S/c1-27(7-2-8-35(27)43(41,42)18-11-15(28)10-16(29)12-18)26(40)33-20(25(38)39)9-14-3-5-17(6-4-14)32-24(37)22-19(30)13-21(36)34-23(22)31/h3-6,10-13,20H,2,7-9H2,1H3,(H,32,37)(H,33,40)(H,34,36)(H,38,39)/t20-,27-/m0/s1. The molecular formula is C27H24Cl4N4O7S. The van der Waals surface area contributed by atoms with E-state index in [0.717, 1.165) is 10.4 Å². The molecule has 1 aliphatic heterocycles. The second kappa shape index (κ2) is 12.8. The van der Waals surface area contributed by atoms with Crippen LogP contribution < -0.4 is 16.2 Å². The van der Waals surface area contributed by atoms with Crippen molar-refractivity contribution in [2.75, 3.05) is 11.9 Å². The molecule has 0 spiro atoms. The van der Waals surface area contributed by atoms with Gasteiger partial charge in [0, 0.05) is 34.8 Å². The van der Waals surface area contributed by atoms with Gasteiger partial charge < -0.3 is 20.7 Å². The van der Waals surface area contributed by atoms with Gasteiger partial charge in [-0.15, -0.1) is 0 Å². The van der Waals surface area contributed by atoms with Crippen LogP contribution in [0.2, 0.25) is 20.2 Å². The highest BCUT2D eigenvalue weighted by atomic mass is 35.5. The summed E-state index contributed by atoms with van der Waals surface area (Å²) < 4.78 is 28.0. The molecule has 43 heavy (non-hydrogen) atoms. The van der Waals surface area contributed by atoms with Gasteiger partial charge >= 0.3 is 5.97 Å². The topological polar surface area (TPSA) is 166 Å². The zero-order valence-corrected chi connectivity index (χ0v) is 26.1. The number of carbonyl (C=O) groups excluding carboxylic acids is 2. The van der Waals surface area contributed by atoms with Crippen LogP contribution in [-0.2, 0) is 26.0 Å². The van der Waals surface area contributed by atoms with Crippen LogP contribution in [0.5, 0.6) is 0 Å². The molecule has 1 aliphatic rings. The Labute approximate surface area is 266 Å². The predicted octanol–water partition coefficient (Wildman–Crippen LogP) is 4.60. The van der Waals surface area contributed by atoms with Gasteiger partial charge in [0.05, 0.1) is 15.5 Å². The lowest BCUT2D eigenvalue weighted by atomic mass is 9.97. The van der Waals surface area contributed by atoms with Gasteiger partial charge in [0.15, 0.2) is 0 Å². The highest BCUT2D eigenvalue weighted by molar-refractivity contribution is 7.89. The number of carboxylic acids is 1. The fourth-order valence-electron chi connectivity index (χ4n) is 4.73. The normalized spacial score (nSPS) is 17.8. The average Bonchev–Trinajstić information content (AvgIpc) is 3.31. The second-order valence-electron chi connectivity index (χ2n) is 9.95. The lowest BCUT2D eigenvalue weighted by Gasteiger charge is -2.34. The molecule has 0 radical (unpaired) electrons. The number of hydrogen-bond acceptors (Lipinski definition) is 6. The van der Waals surface area contributed by atoms with Crippen molar-refractivity contribution in [2.45, 2.75) is 42.7 Å². The van der Waals surface area contributed by atoms with Crippen LogP contribution in [0.1, 0.15) is 35.7 Å². The Morgan fingerprint density at radius 3 is 2.26 bits per heavy atom. The summed E-state index contributed by atoms with van der Waals surface area (Å²) in [6.45, 7) is 1.48. The molecule has 2 heterocycles. The monoisotopic (exact) mass is 688 g/mol. The van der Waals surface area contributed by atoms with Crippen LogP contribution >= 0.6 is 46.4 Å². The minimum atomic E-state index is -4.21. The summed E-state index contributed by atoms with van der Waals surface area (Å²) in [5.74, 6) is -2.78. The zero-order chi connectivity index (χ0) is 31.7. The first-order chi connectivity index (χ1) is 20.1. The van der Waals surface area contributed by atoms with E-state index in [9.17, 15) is 32.7 Å². The van der Waals surface area contributed by atoms with Crippen molar-refractivity contribution >= 4 is 79.9 Å². The Morgan fingerprint density at radius 1 is 1.05 bits per heavy atom. The summed E-state index contributed by atoms with van der Waals surface area (Å²) in [6.07, 6.45) is 0.397. The average molecular weight is 690 g/mol. The molecule has 1 saturated heterocycles. The molecule has 0 saturated carbocycles. The van der Waals surface area contributed by atoms with Crippen molar-refractivity contribution in [2.24, 2.45) is 0 Å². The molecule has 4 rings (SSSR count). The van der Waals surface area contributed by atoms with Gasteiger partial charge in [0.25, 0.3) is 11.5 Å². The number of anilines is 1. The minimum absolute atomic E-state index is 0.0385. The summed E-state index contributed by atoms with van der Waals surface area (Å²) in [7, 11) is -4.21. The van der Waals surface area contributed by atoms with Crippen LogP contribution in [0.25, 0.3) is 0 Å². The van der Waals surface area contributed by atoms with Crippen LogP contribution in [0.4, 0.5) is 5.69 Å². The molecule has 0 bridgehead atoms. The van der Waals surface area contributed by atoms with Crippen LogP contribution in [-0.4, -0.2) is 58.7 Å². The van der Waals surface area contributed by atoms with E-state index >= 15 is 0 Å². The van der Waals surface area contributed by atoms with Gasteiger partial charge in [-0.1, -0.05) is 58.5 Å². The van der Waals surface area contributed by atoms with E-state index in [1.165, 1.54) is 37.3 Å². The fraction of sp³-hybridized carbons (Fsp3) is 0.259. The molecule has 0 unspecified atom stereocenters. The Morgan fingerprint density at radius 2 is 1.67 bits per heavy atom. The summed E-state index contributed by atoms with van der Waals surface area (Å²) in [5, 5.41) is 14.8. The first-order valence-corrected chi connectivity index (χ1v) is 15.6. The van der Waals surface area contributed by atoms with Gasteiger partial charge in [-0.2, -0.15) is 4.31 Å². The van der Waals surface area contributed by atoms with E-state index in [4.69, 9.17) is 46.4 Å². The van der Waals surface area contributed by atoms with Crippen molar-refractivity contribution in [1.29, 1.82) is 0 Å². The number of hydrogen-bond donors (Lipinski definition) is 4. The number of pyridine rings is 1. The van der Waals surface area contributed by atoms with Crippen molar-refractivity contribution in [3.05, 3.63) is 90.2 Å². The van der Waals surface area contributed by atoms with Crippen LogP contribution in [0, 0.1) is 0 Å². The van der Waals surface area contributed by atoms with Gasteiger partial charge in [-0.25, -0.2) is 13.2 Å². The number of aromatic nitrogens is 1. The number of sulfonamides is 1. The van der Waals surface area contributed by atoms with Crippen molar-refractivity contribution in [3.8, 4) is 0 Å². The van der Waals surface area contributed by atoms with Gasteiger partial charge in [-0.05, 0) is 55.7 Å². The maximum absolute atomic E-state index is 13.5. The molecule has 2 atom stereocenters. The molecule has 16 heteroatoms. The molecule has 228 valence electrons. The van der Waals surface area contributed by atoms with E-state index < -0.39 is 44.9 Å². The molecular weight excluding hydrogens is 666 g/mol. The highest BCUT2D eigenvalue weighted by Crippen LogP contribution is 2.36. The third-order valence-electron chi connectivity index (χ3n) is 6.92. The zero-order valence-electron chi connectivity index (χ0n) is 22.3. The first kappa shape index (κ1) is 32.8. The maximum Gasteiger partial charge on any atom is 0.326 e. The number of nitrogens with one attached hydrogen (secondary N) is 3. The van der Waals surface area contributed by atoms with E-state index in [1.807, 2.05) is 0 Å². The number of rotatable bonds is 9. The molecule has 0 aliphatic carbocycles. The molecule has 1 aromatic heterocycles. The Hall–Kier alpha value is -3.13. The summed E-state index contributed by atoms with van der Waals surface area (Å²) in [6, 6.07) is 9.57. The maximum atomic E-state index is 13.5. The van der Waals surface area contributed by atoms with E-state index in [-0.39, 0.29) is 50.1 Å². The molecule has 2 amide bonds. The fourth-order valence-corrected chi connectivity index (χ4v) is 7.87. The number of carbonyl (C=O) groups is 3. The summed E-state index contributed by atoms with van der Waals surface area (Å²) in [5.41, 5.74) is -1.45. The Kier molecular flexibility index (Phi) is 9.79. The minimum Gasteiger partial charge on any atom is -0.480 e. The number of halogens is 4. The number of aromatic amines is 1. The van der Waals surface area contributed by atoms with Crippen LogP contribution in [0.15, 0.2) is 58.2 Å². The molecule has 11 nitrogen and oxygen atoms in total. The molecule has 2 aromatic carbocycles. The Balaban J connectivity index is 1.48. The highest BCUT2D eigenvalue weighted by Gasteiger charge is 2.50. The van der Waals surface area contributed by atoms with Gasteiger partial charge in [0.2, 0.25) is 15.9 Å². The number of carboxylic acid groups (broad SMARTS) is 1. The predicted molar refractivity (Wildman–Crippen MR) is 163 cm³/mol. The lowest BCUT2D eigenvalue weighted by molar-refractivity contribution is -0.143. The molecule has 4 N–H and O–H groups in total. The van der Waals surface area contributed by atoms with Crippen LogP contribution in [0.3, 0.4) is 0 Å². The third kappa shape index (κ3) is 7.17. The summed E-state index contributed by atoms with van der Waals surface area (Å²) in [4.78, 5) is 51.7. The molecule has 1 fully saturated rings. The smallest absolute Gasteiger partial charge is 0.326 e. The number of benzene rings is 2. The Bertz CT molecular complexity index is 1720. The summed E-state index contributed by atoms with van der Waals surface area (Å²) >= 11 is 23.9. The second-order valence-corrected chi connectivity index (χ2v) is 13.5. The quantitative estimate of drug-likeness (QED) is 0.239. The lowest BCUT2D eigenvalue weighted by Crippen LogP contribution is -2.58. The van der Waals surface area contributed by atoms with Crippen molar-refractivity contribution in [3.63, 3.8) is 0 Å². The van der Waals surface area contributed by atoms with Crippen molar-refractivity contribution < 1.29 is 27.9 Å². The molecule has 3 aromatic rings. The van der Waals surface area contributed by atoms with Gasteiger partial charge in [-0.3, -0.25) is 14.4 Å². The largest absolute Gasteiger partial charge is 0.480 e. The third-order valence-corrected chi connectivity index (χ3v) is 9.93. The number of nitrogens with zero attached hydrogens (tertiary/aromatic N) is 1.